The smallest absolute Gasteiger partial charge is 0.253 e. The molecule has 0 aromatic heterocycles. The summed E-state index contributed by atoms with van der Waals surface area (Å²) in [7, 11) is 0. The molecule has 1 heterocycles. The number of hydrogen-bond donors (Lipinski definition) is 1. The molecule has 0 saturated carbocycles. The van der Waals surface area contributed by atoms with Crippen LogP contribution in [0.5, 0.6) is 0 Å². The summed E-state index contributed by atoms with van der Waals surface area (Å²) >= 11 is 0. The van der Waals surface area contributed by atoms with Gasteiger partial charge in [-0.1, -0.05) is 30.3 Å². The van der Waals surface area contributed by atoms with Gasteiger partial charge in [0.05, 0.1) is 0 Å². The van der Waals surface area contributed by atoms with Gasteiger partial charge in [0.25, 0.3) is 5.91 Å². The van der Waals surface area contributed by atoms with Crippen LogP contribution in [0, 0.1) is 19.8 Å². The third kappa shape index (κ3) is 4.08. The molecule has 0 bridgehead atoms. The highest BCUT2D eigenvalue weighted by Crippen LogP contribution is 2.23. The van der Waals surface area contributed by atoms with Gasteiger partial charge in [-0.25, -0.2) is 0 Å². The molecule has 4 nitrogen and oxygen atoms in total. The predicted octanol–water partition coefficient (Wildman–Crippen LogP) is 3.79. The van der Waals surface area contributed by atoms with Crippen LogP contribution in [0.3, 0.4) is 0 Å². The Bertz CT molecular complexity index is 763. The van der Waals surface area contributed by atoms with Crippen molar-refractivity contribution >= 4 is 17.5 Å². The first-order chi connectivity index (χ1) is 12.0. The molecule has 2 amide bonds. The maximum Gasteiger partial charge on any atom is 0.253 e. The van der Waals surface area contributed by atoms with E-state index in [2.05, 4.69) is 5.32 Å². The number of nitrogens with one attached hydrogen (secondary N) is 1. The number of benzene rings is 2. The van der Waals surface area contributed by atoms with E-state index in [9.17, 15) is 9.59 Å². The fraction of sp³-hybridized carbons (Fsp3) is 0.333. The van der Waals surface area contributed by atoms with Crippen molar-refractivity contribution < 1.29 is 9.59 Å². The molecule has 1 N–H and O–H groups in total. The molecule has 2 aromatic carbocycles. The van der Waals surface area contributed by atoms with Crippen molar-refractivity contribution in [2.45, 2.75) is 26.7 Å². The van der Waals surface area contributed by atoms with E-state index in [1.54, 1.807) is 0 Å². The third-order valence-electron chi connectivity index (χ3n) is 4.82. The summed E-state index contributed by atoms with van der Waals surface area (Å²) in [5, 5.41) is 3.05. The summed E-state index contributed by atoms with van der Waals surface area (Å²) in [5.41, 5.74) is 3.79. The molecule has 3 rings (SSSR count). The minimum Gasteiger partial charge on any atom is -0.339 e. The quantitative estimate of drug-likeness (QED) is 0.927. The first kappa shape index (κ1) is 17.2. The highest BCUT2D eigenvalue weighted by atomic mass is 16.2. The van der Waals surface area contributed by atoms with E-state index in [4.69, 9.17) is 0 Å². The maximum absolute atomic E-state index is 12.6. The van der Waals surface area contributed by atoms with Crippen molar-refractivity contribution in [1.82, 2.24) is 4.90 Å². The lowest BCUT2D eigenvalue weighted by molar-refractivity contribution is -0.121. The van der Waals surface area contributed by atoms with Gasteiger partial charge >= 0.3 is 0 Å². The van der Waals surface area contributed by atoms with Gasteiger partial charge in [0, 0.05) is 30.3 Å². The molecule has 25 heavy (non-hydrogen) atoms. The number of aryl methyl sites for hydroxylation is 2. The predicted molar refractivity (Wildman–Crippen MR) is 99.6 cm³/mol. The zero-order chi connectivity index (χ0) is 17.8. The van der Waals surface area contributed by atoms with Crippen molar-refractivity contribution in [3.63, 3.8) is 0 Å². The SMILES string of the molecule is Cc1ccc(C)c(NC(=O)C2CCN(C(=O)c3ccccc3)CC2)c1. The fourth-order valence-electron chi connectivity index (χ4n) is 3.21. The number of likely N-dealkylation sites (tertiary alicyclic amines) is 1. The van der Waals surface area contributed by atoms with Gasteiger partial charge in [-0.05, 0) is 56.0 Å². The lowest BCUT2D eigenvalue weighted by atomic mass is 9.95. The average Bonchev–Trinajstić information content (AvgIpc) is 2.65. The van der Waals surface area contributed by atoms with E-state index in [1.165, 1.54) is 0 Å². The Kier molecular flexibility index (Phi) is 5.17. The van der Waals surface area contributed by atoms with E-state index in [-0.39, 0.29) is 17.7 Å². The van der Waals surface area contributed by atoms with Crippen molar-refractivity contribution in [3.05, 3.63) is 65.2 Å². The summed E-state index contributed by atoms with van der Waals surface area (Å²) in [4.78, 5) is 26.9. The highest BCUT2D eigenvalue weighted by molar-refractivity contribution is 5.95. The van der Waals surface area contributed by atoms with Crippen LogP contribution in [0.2, 0.25) is 0 Å². The molecule has 4 heteroatoms. The Morgan fingerprint density at radius 3 is 2.36 bits per heavy atom. The second kappa shape index (κ2) is 7.51. The average molecular weight is 336 g/mol. The van der Waals surface area contributed by atoms with E-state index in [1.807, 2.05) is 67.3 Å². The minimum atomic E-state index is -0.0419. The molecule has 0 atom stereocenters. The molecule has 130 valence electrons. The van der Waals surface area contributed by atoms with E-state index in [0.29, 0.717) is 31.5 Å². The molecule has 0 spiro atoms. The zero-order valence-electron chi connectivity index (χ0n) is 14.8. The summed E-state index contributed by atoms with van der Waals surface area (Å²) < 4.78 is 0. The molecular formula is C21H24N2O2. The van der Waals surface area contributed by atoms with Crippen LogP contribution < -0.4 is 5.32 Å². The number of amides is 2. The van der Waals surface area contributed by atoms with Gasteiger partial charge < -0.3 is 10.2 Å². The first-order valence-electron chi connectivity index (χ1n) is 8.77. The number of rotatable bonds is 3. The fourth-order valence-corrected chi connectivity index (χ4v) is 3.21. The van der Waals surface area contributed by atoms with Crippen LogP contribution in [0.15, 0.2) is 48.5 Å². The van der Waals surface area contributed by atoms with Gasteiger partial charge in [-0.3, -0.25) is 9.59 Å². The molecule has 1 aliphatic heterocycles. The summed E-state index contributed by atoms with van der Waals surface area (Å²) in [6.07, 6.45) is 1.41. The lowest BCUT2D eigenvalue weighted by Crippen LogP contribution is -2.41. The summed E-state index contributed by atoms with van der Waals surface area (Å²) in [5.74, 6) is 0.0641. The normalized spacial score (nSPS) is 15.0. The monoisotopic (exact) mass is 336 g/mol. The molecule has 1 fully saturated rings. The molecule has 0 aliphatic carbocycles. The van der Waals surface area contributed by atoms with Crippen LogP contribution in [0.4, 0.5) is 5.69 Å². The van der Waals surface area contributed by atoms with Crippen molar-refractivity contribution in [3.8, 4) is 0 Å². The largest absolute Gasteiger partial charge is 0.339 e. The van der Waals surface area contributed by atoms with Crippen LogP contribution in [0.25, 0.3) is 0 Å². The zero-order valence-corrected chi connectivity index (χ0v) is 14.8. The summed E-state index contributed by atoms with van der Waals surface area (Å²) in [6.45, 7) is 5.26. The Morgan fingerprint density at radius 1 is 1.00 bits per heavy atom. The third-order valence-corrected chi connectivity index (χ3v) is 4.82. The molecular weight excluding hydrogens is 312 g/mol. The standard InChI is InChI=1S/C21H24N2O2/c1-15-8-9-16(2)19(14-15)22-20(24)17-10-12-23(13-11-17)21(25)18-6-4-3-5-7-18/h3-9,14,17H,10-13H2,1-2H3,(H,22,24). The number of carbonyl (C=O) groups is 2. The Hall–Kier alpha value is -2.62. The molecule has 0 unspecified atom stereocenters. The number of anilines is 1. The second-order valence-electron chi connectivity index (χ2n) is 6.74. The maximum atomic E-state index is 12.6. The number of piperidine rings is 1. The van der Waals surface area contributed by atoms with Crippen LogP contribution in [-0.2, 0) is 4.79 Å². The van der Waals surface area contributed by atoms with Gasteiger partial charge in [-0.15, -0.1) is 0 Å². The van der Waals surface area contributed by atoms with Crippen molar-refractivity contribution in [2.75, 3.05) is 18.4 Å². The Labute approximate surface area is 148 Å². The van der Waals surface area contributed by atoms with Crippen molar-refractivity contribution in [1.29, 1.82) is 0 Å². The van der Waals surface area contributed by atoms with Gasteiger partial charge in [-0.2, -0.15) is 0 Å². The second-order valence-corrected chi connectivity index (χ2v) is 6.74. The minimum absolute atomic E-state index is 0.0419. The van der Waals surface area contributed by atoms with Gasteiger partial charge in [0.1, 0.15) is 0 Å². The highest BCUT2D eigenvalue weighted by Gasteiger charge is 2.28. The topological polar surface area (TPSA) is 49.4 Å². The molecule has 2 aromatic rings. The number of hydrogen-bond acceptors (Lipinski definition) is 2. The number of carbonyl (C=O) groups excluding carboxylic acids is 2. The van der Waals surface area contributed by atoms with Crippen LogP contribution in [-0.4, -0.2) is 29.8 Å². The number of nitrogens with zero attached hydrogens (tertiary/aromatic N) is 1. The molecule has 1 aliphatic rings. The van der Waals surface area contributed by atoms with Crippen LogP contribution in [0.1, 0.15) is 34.3 Å². The van der Waals surface area contributed by atoms with Crippen LogP contribution >= 0.6 is 0 Å². The Morgan fingerprint density at radius 2 is 1.68 bits per heavy atom. The van der Waals surface area contributed by atoms with E-state index < -0.39 is 0 Å². The lowest BCUT2D eigenvalue weighted by Gasteiger charge is -2.31. The Balaban J connectivity index is 1.57. The van der Waals surface area contributed by atoms with Crippen molar-refractivity contribution in [2.24, 2.45) is 5.92 Å². The van der Waals surface area contributed by atoms with E-state index in [0.717, 1.165) is 16.8 Å². The van der Waals surface area contributed by atoms with Gasteiger partial charge in [0.15, 0.2) is 0 Å². The molecule has 1 saturated heterocycles. The first-order valence-corrected chi connectivity index (χ1v) is 8.77. The summed E-state index contributed by atoms with van der Waals surface area (Å²) in [6, 6.07) is 15.4. The molecule has 0 radical (unpaired) electrons. The van der Waals surface area contributed by atoms with Gasteiger partial charge in [0.2, 0.25) is 5.91 Å². The van der Waals surface area contributed by atoms with E-state index >= 15 is 0 Å².